The second-order valence-electron chi connectivity index (χ2n) is 4.81. The number of benzene rings is 1. The van der Waals surface area contributed by atoms with Gasteiger partial charge in [0.1, 0.15) is 0 Å². The predicted molar refractivity (Wildman–Crippen MR) is 77.2 cm³/mol. The number of non-ortho nitro benzene ring substituents is 1. The van der Waals surface area contributed by atoms with Crippen LogP contribution in [0, 0.1) is 10.1 Å². The number of rotatable bonds is 5. The summed E-state index contributed by atoms with van der Waals surface area (Å²) in [5.74, 6) is 0. The van der Waals surface area contributed by atoms with Crippen molar-refractivity contribution in [3.05, 3.63) is 40.0 Å². The molecule has 3 N–H and O–H groups in total. The number of anilines is 2. The molecule has 1 aromatic carbocycles. The highest BCUT2D eigenvalue weighted by Crippen LogP contribution is 2.25. The first kappa shape index (κ1) is 13.4. The van der Waals surface area contributed by atoms with Crippen LogP contribution in [-0.4, -0.2) is 11.5 Å². The molecule has 1 aliphatic carbocycles. The minimum atomic E-state index is -0.438. The van der Waals surface area contributed by atoms with Crippen molar-refractivity contribution in [2.45, 2.75) is 32.1 Å². The molecule has 0 heterocycles. The summed E-state index contributed by atoms with van der Waals surface area (Å²) in [5.41, 5.74) is 8.51. The molecule has 0 amide bonds. The molecule has 0 bridgehead atoms. The molecule has 0 aliphatic heterocycles. The monoisotopic (exact) mass is 261 g/mol. The number of nitro benzene ring substituents is 1. The number of allylic oxidation sites excluding steroid dienone is 1. The van der Waals surface area contributed by atoms with Gasteiger partial charge in [0.25, 0.3) is 5.69 Å². The smallest absolute Gasteiger partial charge is 0.271 e. The molecule has 5 nitrogen and oxygen atoms in total. The molecule has 0 radical (unpaired) electrons. The molecule has 1 aliphatic rings. The molecule has 0 aromatic heterocycles. The molecule has 5 heteroatoms. The lowest BCUT2D eigenvalue weighted by Gasteiger charge is -2.14. The van der Waals surface area contributed by atoms with E-state index < -0.39 is 4.92 Å². The van der Waals surface area contributed by atoms with Crippen molar-refractivity contribution >= 4 is 17.1 Å². The van der Waals surface area contributed by atoms with E-state index in [1.807, 2.05) is 0 Å². The van der Waals surface area contributed by atoms with Gasteiger partial charge in [-0.15, -0.1) is 0 Å². The summed E-state index contributed by atoms with van der Waals surface area (Å²) in [6.45, 7) is 0.813. The molecule has 102 valence electrons. The van der Waals surface area contributed by atoms with Crippen LogP contribution in [0.2, 0.25) is 0 Å². The Hall–Kier alpha value is -2.04. The number of nitrogens with one attached hydrogen (secondary N) is 1. The van der Waals surface area contributed by atoms with Crippen LogP contribution < -0.4 is 11.1 Å². The van der Waals surface area contributed by atoms with Crippen LogP contribution in [0.1, 0.15) is 32.1 Å². The van der Waals surface area contributed by atoms with Gasteiger partial charge in [-0.05, 0) is 38.2 Å². The van der Waals surface area contributed by atoms with Gasteiger partial charge in [-0.1, -0.05) is 11.6 Å². The van der Waals surface area contributed by atoms with Gasteiger partial charge < -0.3 is 11.1 Å². The van der Waals surface area contributed by atoms with Crippen molar-refractivity contribution in [1.29, 1.82) is 0 Å². The summed E-state index contributed by atoms with van der Waals surface area (Å²) in [6.07, 6.45) is 8.30. The van der Waals surface area contributed by atoms with Crippen molar-refractivity contribution in [3.63, 3.8) is 0 Å². The van der Waals surface area contributed by atoms with E-state index in [0.717, 1.165) is 18.7 Å². The van der Waals surface area contributed by atoms with E-state index in [1.165, 1.54) is 43.4 Å². The highest BCUT2D eigenvalue weighted by atomic mass is 16.6. The van der Waals surface area contributed by atoms with Crippen LogP contribution in [0.3, 0.4) is 0 Å². The first-order valence-electron chi connectivity index (χ1n) is 6.62. The highest BCUT2D eigenvalue weighted by Gasteiger charge is 2.08. The minimum Gasteiger partial charge on any atom is -0.397 e. The molecular formula is C14H19N3O2. The van der Waals surface area contributed by atoms with E-state index in [4.69, 9.17) is 5.73 Å². The molecule has 0 saturated carbocycles. The average molecular weight is 261 g/mol. The number of hydrogen-bond donors (Lipinski definition) is 2. The van der Waals surface area contributed by atoms with E-state index in [0.29, 0.717) is 5.69 Å². The fourth-order valence-electron chi connectivity index (χ4n) is 2.31. The van der Waals surface area contributed by atoms with Gasteiger partial charge in [-0.2, -0.15) is 0 Å². The third-order valence-electron chi connectivity index (χ3n) is 3.39. The molecule has 0 fully saturated rings. The van der Waals surface area contributed by atoms with Crippen LogP contribution in [0.15, 0.2) is 29.8 Å². The van der Waals surface area contributed by atoms with E-state index in [2.05, 4.69) is 11.4 Å². The Balaban J connectivity index is 1.89. The third kappa shape index (κ3) is 3.71. The maximum atomic E-state index is 10.6. The van der Waals surface area contributed by atoms with Crippen molar-refractivity contribution in [2.24, 2.45) is 0 Å². The Morgan fingerprint density at radius 1 is 1.37 bits per heavy atom. The lowest BCUT2D eigenvalue weighted by atomic mass is 9.97. The average Bonchev–Trinajstić information content (AvgIpc) is 2.41. The standard InChI is InChI=1S/C14H19N3O2/c15-13-10-12(17(18)19)6-7-14(13)16-9-8-11-4-2-1-3-5-11/h4,6-7,10,16H,1-3,5,8-9,15H2. The summed E-state index contributed by atoms with van der Waals surface area (Å²) in [7, 11) is 0. The molecule has 0 atom stereocenters. The maximum absolute atomic E-state index is 10.6. The van der Waals surface area contributed by atoms with E-state index in [-0.39, 0.29) is 5.69 Å². The molecule has 2 rings (SSSR count). The van der Waals surface area contributed by atoms with Crippen LogP contribution >= 0.6 is 0 Å². The summed E-state index contributed by atoms with van der Waals surface area (Å²) in [5, 5.41) is 13.8. The van der Waals surface area contributed by atoms with Gasteiger partial charge in [0, 0.05) is 18.7 Å². The molecule has 0 spiro atoms. The molecule has 0 saturated heterocycles. The van der Waals surface area contributed by atoms with Gasteiger partial charge in [-0.3, -0.25) is 10.1 Å². The Bertz CT molecular complexity index is 497. The van der Waals surface area contributed by atoms with E-state index >= 15 is 0 Å². The summed E-state index contributed by atoms with van der Waals surface area (Å²) in [4.78, 5) is 10.2. The lowest BCUT2D eigenvalue weighted by Crippen LogP contribution is -2.06. The molecule has 0 unspecified atom stereocenters. The van der Waals surface area contributed by atoms with Gasteiger partial charge >= 0.3 is 0 Å². The number of hydrogen-bond acceptors (Lipinski definition) is 4. The Morgan fingerprint density at radius 2 is 2.21 bits per heavy atom. The Morgan fingerprint density at radius 3 is 2.84 bits per heavy atom. The lowest BCUT2D eigenvalue weighted by molar-refractivity contribution is -0.384. The van der Waals surface area contributed by atoms with Crippen molar-refractivity contribution in [3.8, 4) is 0 Å². The highest BCUT2D eigenvalue weighted by molar-refractivity contribution is 5.69. The molecule has 1 aromatic rings. The number of nitrogens with zero attached hydrogens (tertiary/aromatic N) is 1. The second-order valence-corrected chi connectivity index (χ2v) is 4.81. The molecule has 19 heavy (non-hydrogen) atoms. The first-order chi connectivity index (χ1) is 9.16. The zero-order valence-corrected chi connectivity index (χ0v) is 10.9. The van der Waals surface area contributed by atoms with Crippen molar-refractivity contribution in [2.75, 3.05) is 17.6 Å². The Kier molecular flexibility index (Phi) is 4.39. The van der Waals surface area contributed by atoms with E-state index in [9.17, 15) is 10.1 Å². The van der Waals surface area contributed by atoms with Crippen LogP contribution in [0.4, 0.5) is 17.1 Å². The SMILES string of the molecule is Nc1cc([N+](=O)[O-])ccc1NCCC1=CCCCC1. The van der Waals surface area contributed by atoms with E-state index in [1.54, 1.807) is 6.07 Å². The first-order valence-corrected chi connectivity index (χ1v) is 6.62. The van der Waals surface area contributed by atoms with Gasteiger partial charge in [-0.25, -0.2) is 0 Å². The maximum Gasteiger partial charge on any atom is 0.271 e. The molecular weight excluding hydrogens is 242 g/mol. The topological polar surface area (TPSA) is 81.2 Å². The zero-order chi connectivity index (χ0) is 13.7. The number of nitrogen functional groups attached to an aromatic ring is 1. The minimum absolute atomic E-state index is 0.0260. The second kappa shape index (κ2) is 6.22. The largest absolute Gasteiger partial charge is 0.397 e. The zero-order valence-electron chi connectivity index (χ0n) is 10.9. The fraction of sp³-hybridized carbons (Fsp3) is 0.429. The van der Waals surface area contributed by atoms with Crippen molar-refractivity contribution in [1.82, 2.24) is 0 Å². The van der Waals surface area contributed by atoms with Gasteiger partial charge in [0.2, 0.25) is 0 Å². The number of nitro groups is 1. The normalized spacial score (nSPS) is 14.8. The summed E-state index contributed by atoms with van der Waals surface area (Å²) in [6, 6.07) is 4.53. The summed E-state index contributed by atoms with van der Waals surface area (Å²) >= 11 is 0. The van der Waals surface area contributed by atoms with Crippen LogP contribution in [-0.2, 0) is 0 Å². The van der Waals surface area contributed by atoms with Crippen molar-refractivity contribution < 1.29 is 4.92 Å². The van der Waals surface area contributed by atoms with Gasteiger partial charge in [0.15, 0.2) is 0 Å². The van der Waals surface area contributed by atoms with Gasteiger partial charge in [0.05, 0.1) is 16.3 Å². The Labute approximate surface area is 112 Å². The fourth-order valence-corrected chi connectivity index (χ4v) is 2.31. The predicted octanol–water partition coefficient (Wildman–Crippen LogP) is 3.48. The summed E-state index contributed by atoms with van der Waals surface area (Å²) < 4.78 is 0. The van der Waals surface area contributed by atoms with Crippen LogP contribution in [0.5, 0.6) is 0 Å². The third-order valence-corrected chi connectivity index (χ3v) is 3.39. The number of nitrogens with two attached hydrogens (primary N) is 1. The van der Waals surface area contributed by atoms with Crippen LogP contribution in [0.25, 0.3) is 0 Å². The quantitative estimate of drug-likeness (QED) is 0.368.